The topological polar surface area (TPSA) is 95.5 Å². The Morgan fingerprint density at radius 3 is 1.85 bits per heavy atom. The Morgan fingerprint density at radius 2 is 1.37 bits per heavy atom. The van der Waals surface area contributed by atoms with Gasteiger partial charge in [-0.3, -0.25) is 4.79 Å². The molecule has 0 atom stereocenters. The molecule has 3 rings (SSSR count). The Labute approximate surface area is 156 Å². The van der Waals surface area contributed by atoms with Gasteiger partial charge in [-0.05, 0) is 31.2 Å². The summed E-state index contributed by atoms with van der Waals surface area (Å²) in [5.74, 6) is 0.834. The molecule has 1 N–H and O–H groups in total. The third-order valence-electron chi connectivity index (χ3n) is 3.20. The first-order valence-electron chi connectivity index (χ1n) is 8.34. The van der Waals surface area contributed by atoms with Crippen molar-refractivity contribution in [3.8, 4) is 23.5 Å². The average molecular weight is 366 g/mol. The Morgan fingerprint density at radius 1 is 0.852 bits per heavy atom. The van der Waals surface area contributed by atoms with E-state index in [9.17, 15) is 4.79 Å². The number of para-hydroxylation sites is 2. The summed E-state index contributed by atoms with van der Waals surface area (Å²) in [6.07, 6.45) is 0. The number of carbonyl (C=O) groups is 1. The molecule has 0 aliphatic heterocycles. The lowest BCUT2D eigenvalue weighted by Gasteiger charge is -2.10. The molecule has 0 unspecified atom stereocenters. The van der Waals surface area contributed by atoms with Crippen molar-refractivity contribution in [1.82, 2.24) is 15.0 Å². The zero-order valence-corrected chi connectivity index (χ0v) is 14.7. The van der Waals surface area contributed by atoms with Crippen LogP contribution in [-0.2, 0) is 9.53 Å². The number of hydrogen-bond donors (Lipinski definition) is 1. The van der Waals surface area contributed by atoms with Crippen LogP contribution in [0.4, 0.5) is 5.95 Å². The molecule has 8 nitrogen and oxygen atoms in total. The van der Waals surface area contributed by atoms with Crippen LogP contribution in [0.3, 0.4) is 0 Å². The number of anilines is 1. The molecule has 1 aromatic heterocycles. The normalized spacial score (nSPS) is 10.1. The standard InChI is InChI=1S/C19H18N4O4/c1-2-25-16(24)13-20-17-21-18(26-14-9-5-3-6-10-14)23-19(22-17)27-15-11-7-4-8-12-15/h3-12H,2,13H2,1H3,(H,20,21,22,23). The van der Waals surface area contributed by atoms with Gasteiger partial charge in [-0.25, -0.2) is 0 Å². The van der Waals surface area contributed by atoms with Gasteiger partial charge in [0.15, 0.2) is 0 Å². The quantitative estimate of drug-likeness (QED) is 0.606. The SMILES string of the molecule is CCOC(=O)CNc1nc(Oc2ccccc2)nc(Oc2ccccc2)n1. The second-order valence-electron chi connectivity index (χ2n) is 5.21. The summed E-state index contributed by atoms with van der Waals surface area (Å²) >= 11 is 0. The van der Waals surface area contributed by atoms with Crippen LogP contribution < -0.4 is 14.8 Å². The minimum Gasteiger partial charge on any atom is -0.465 e. The predicted octanol–water partition coefficient (Wildman–Crippen LogP) is 3.43. The van der Waals surface area contributed by atoms with E-state index in [-0.39, 0.29) is 24.5 Å². The molecule has 0 bridgehead atoms. The maximum atomic E-state index is 11.5. The van der Waals surface area contributed by atoms with Crippen LogP contribution in [0.1, 0.15) is 6.92 Å². The van der Waals surface area contributed by atoms with Gasteiger partial charge in [0.05, 0.1) is 6.61 Å². The van der Waals surface area contributed by atoms with E-state index in [0.29, 0.717) is 18.1 Å². The number of esters is 1. The maximum Gasteiger partial charge on any atom is 0.330 e. The van der Waals surface area contributed by atoms with Crippen molar-refractivity contribution >= 4 is 11.9 Å². The zero-order chi connectivity index (χ0) is 18.9. The smallest absolute Gasteiger partial charge is 0.330 e. The molecule has 138 valence electrons. The van der Waals surface area contributed by atoms with E-state index in [1.807, 2.05) is 36.4 Å². The van der Waals surface area contributed by atoms with Crippen molar-refractivity contribution in [3.63, 3.8) is 0 Å². The molecule has 0 spiro atoms. The van der Waals surface area contributed by atoms with Gasteiger partial charge in [-0.2, -0.15) is 9.97 Å². The second-order valence-corrected chi connectivity index (χ2v) is 5.21. The summed E-state index contributed by atoms with van der Waals surface area (Å²) in [6.45, 7) is 1.94. The van der Waals surface area contributed by atoms with E-state index in [2.05, 4.69) is 20.3 Å². The van der Waals surface area contributed by atoms with Gasteiger partial charge in [0.1, 0.15) is 18.0 Å². The first kappa shape index (κ1) is 18.1. The summed E-state index contributed by atoms with van der Waals surface area (Å²) in [7, 11) is 0. The molecule has 0 aliphatic carbocycles. The average Bonchev–Trinajstić information content (AvgIpc) is 2.68. The van der Waals surface area contributed by atoms with Gasteiger partial charge in [0.2, 0.25) is 5.95 Å². The molecule has 0 amide bonds. The van der Waals surface area contributed by atoms with Crippen molar-refractivity contribution in [1.29, 1.82) is 0 Å². The van der Waals surface area contributed by atoms with Gasteiger partial charge in [-0.15, -0.1) is 4.98 Å². The summed E-state index contributed by atoms with van der Waals surface area (Å²) in [6, 6.07) is 18.2. The maximum absolute atomic E-state index is 11.5. The van der Waals surface area contributed by atoms with Crippen LogP contribution in [0.5, 0.6) is 23.5 Å². The van der Waals surface area contributed by atoms with Gasteiger partial charge in [0.25, 0.3) is 0 Å². The Balaban J connectivity index is 1.81. The molecule has 0 saturated carbocycles. The molecule has 0 aliphatic rings. The molecule has 0 saturated heterocycles. The number of hydrogen-bond acceptors (Lipinski definition) is 8. The highest BCUT2D eigenvalue weighted by Gasteiger charge is 2.12. The van der Waals surface area contributed by atoms with E-state index >= 15 is 0 Å². The van der Waals surface area contributed by atoms with Gasteiger partial charge >= 0.3 is 18.0 Å². The fraction of sp³-hybridized carbons (Fsp3) is 0.158. The molecule has 3 aromatic rings. The van der Waals surface area contributed by atoms with Crippen LogP contribution >= 0.6 is 0 Å². The lowest BCUT2D eigenvalue weighted by Crippen LogP contribution is -2.18. The number of nitrogens with one attached hydrogen (secondary N) is 1. The number of rotatable bonds is 8. The first-order chi connectivity index (χ1) is 13.2. The molecule has 1 heterocycles. The van der Waals surface area contributed by atoms with Crippen molar-refractivity contribution in [2.75, 3.05) is 18.5 Å². The van der Waals surface area contributed by atoms with Gasteiger partial charge in [0, 0.05) is 0 Å². The number of benzene rings is 2. The van der Waals surface area contributed by atoms with Crippen molar-refractivity contribution in [2.45, 2.75) is 6.92 Å². The van der Waals surface area contributed by atoms with Gasteiger partial charge < -0.3 is 19.5 Å². The van der Waals surface area contributed by atoms with Crippen molar-refractivity contribution in [2.24, 2.45) is 0 Å². The van der Waals surface area contributed by atoms with E-state index in [0.717, 1.165) is 0 Å². The van der Waals surface area contributed by atoms with Crippen LogP contribution in [0.25, 0.3) is 0 Å². The fourth-order valence-corrected chi connectivity index (χ4v) is 2.06. The van der Waals surface area contributed by atoms with Crippen molar-refractivity contribution < 1.29 is 19.0 Å². The fourth-order valence-electron chi connectivity index (χ4n) is 2.06. The minimum atomic E-state index is -0.422. The molecule has 8 heteroatoms. The zero-order valence-electron chi connectivity index (χ0n) is 14.7. The number of aromatic nitrogens is 3. The summed E-state index contributed by atoms with van der Waals surface area (Å²) < 4.78 is 16.2. The molecule has 0 fully saturated rings. The summed E-state index contributed by atoms with van der Waals surface area (Å²) in [4.78, 5) is 24.0. The first-order valence-corrected chi connectivity index (χ1v) is 8.34. The highest BCUT2D eigenvalue weighted by Crippen LogP contribution is 2.23. The lowest BCUT2D eigenvalue weighted by atomic mass is 10.3. The van der Waals surface area contributed by atoms with Crippen molar-refractivity contribution in [3.05, 3.63) is 60.7 Å². The number of nitrogens with zero attached hydrogens (tertiary/aromatic N) is 3. The Kier molecular flexibility index (Phi) is 6.13. The van der Waals surface area contributed by atoms with Crippen LogP contribution in [0, 0.1) is 0 Å². The third kappa shape index (κ3) is 5.67. The van der Waals surface area contributed by atoms with Crippen LogP contribution in [0.15, 0.2) is 60.7 Å². The molecular formula is C19H18N4O4. The predicted molar refractivity (Wildman–Crippen MR) is 98.0 cm³/mol. The van der Waals surface area contributed by atoms with E-state index < -0.39 is 5.97 Å². The Hall–Kier alpha value is -3.68. The highest BCUT2D eigenvalue weighted by atomic mass is 16.5. The van der Waals surface area contributed by atoms with E-state index in [1.165, 1.54) is 0 Å². The van der Waals surface area contributed by atoms with E-state index in [4.69, 9.17) is 14.2 Å². The van der Waals surface area contributed by atoms with Crippen LogP contribution in [-0.4, -0.2) is 34.1 Å². The van der Waals surface area contributed by atoms with Crippen LogP contribution in [0.2, 0.25) is 0 Å². The molecule has 27 heavy (non-hydrogen) atoms. The third-order valence-corrected chi connectivity index (χ3v) is 3.20. The van der Waals surface area contributed by atoms with Gasteiger partial charge in [-0.1, -0.05) is 36.4 Å². The minimum absolute atomic E-state index is 0.0356. The summed E-state index contributed by atoms with van der Waals surface area (Å²) in [5.41, 5.74) is 0. The summed E-state index contributed by atoms with van der Waals surface area (Å²) in [5, 5.41) is 2.78. The van der Waals surface area contributed by atoms with E-state index in [1.54, 1.807) is 31.2 Å². The molecule has 0 radical (unpaired) electrons. The number of ether oxygens (including phenoxy) is 3. The largest absolute Gasteiger partial charge is 0.465 e. The molecular weight excluding hydrogens is 348 g/mol. The molecule has 2 aromatic carbocycles. The Bertz CT molecular complexity index is 816. The lowest BCUT2D eigenvalue weighted by molar-refractivity contribution is -0.140. The number of carbonyl (C=O) groups excluding carboxylic acids is 1. The second kappa shape index (κ2) is 9.14. The monoisotopic (exact) mass is 366 g/mol. The highest BCUT2D eigenvalue weighted by molar-refractivity contribution is 5.74.